The molecule has 6 nitrogen and oxygen atoms in total. The predicted molar refractivity (Wildman–Crippen MR) is 94.7 cm³/mol. The molecule has 1 aromatic rings. The van der Waals surface area contributed by atoms with Crippen molar-refractivity contribution >= 4 is 5.91 Å². The van der Waals surface area contributed by atoms with Crippen LogP contribution in [0.5, 0.6) is 0 Å². The van der Waals surface area contributed by atoms with Crippen molar-refractivity contribution < 1.29 is 4.79 Å². The molecule has 6 heteroatoms. The number of rotatable bonds is 4. The van der Waals surface area contributed by atoms with E-state index in [-0.39, 0.29) is 11.9 Å². The van der Waals surface area contributed by atoms with Gasteiger partial charge in [0.15, 0.2) is 0 Å². The third kappa shape index (κ3) is 3.77. The first-order chi connectivity index (χ1) is 11.7. The van der Waals surface area contributed by atoms with Crippen LogP contribution < -0.4 is 5.32 Å². The molecular formula is C18H29N5O. The van der Waals surface area contributed by atoms with Gasteiger partial charge in [-0.15, -0.1) is 0 Å². The summed E-state index contributed by atoms with van der Waals surface area (Å²) in [6.45, 7) is 8.51. The Morgan fingerprint density at radius 2 is 2.12 bits per heavy atom. The molecule has 1 aromatic heterocycles. The van der Waals surface area contributed by atoms with Gasteiger partial charge in [-0.05, 0) is 25.1 Å². The molecule has 132 valence electrons. The Bertz CT molecular complexity index is 529. The monoisotopic (exact) mass is 331 g/mol. The maximum absolute atomic E-state index is 13.4. The topological polar surface area (TPSA) is 51.7 Å². The Hall–Kier alpha value is -1.50. The van der Waals surface area contributed by atoms with Crippen LogP contribution in [-0.2, 0) is 4.79 Å². The quantitative estimate of drug-likeness (QED) is 0.875. The second-order valence-electron chi connectivity index (χ2n) is 6.82. The van der Waals surface area contributed by atoms with Gasteiger partial charge in [-0.2, -0.15) is 0 Å². The van der Waals surface area contributed by atoms with Crippen molar-refractivity contribution in [2.24, 2.45) is 0 Å². The molecule has 3 heterocycles. The maximum atomic E-state index is 13.4. The van der Waals surface area contributed by atoms with E-state index in [0.717, 1.165) is 57.8 Å². The fraction of sp³-hybridized carbons (Fsp3) is 0.667. The molecule has 24 heavy (non-hydrogen) atoms. The number of piperazine rings is 2. The summed E-state index contributed by atoms with van der Waals surface area (Å²) < 4.78 is 0. The molecule has 3 rings (SSSR count). The van der Waals surface area contributed by atoms with Gasteiger partial charge in [0.05, 0.1) is 0 Å². The SMILES string of the molecule is CCC1CNCCN1C(C(=O)N1CCN(C)CC1)c1cccnc1. The van der Waals surface area contributed by atoms with E-state index in [1.54, 1.807) is 6.20 Å². The van der Waals surface area contributed by atoms with Crippen molar-refractivity contribution in [3.05, 3.63) is 30.1 Å². The number of carbonyl (C=O) groups excluding carboxylic acids is 1. The lowest BCUT2D eigenvalue weighted by atomic mass is 10.00. The number of likely N-dealkylation sites (N-methyl/N-ethyl adjacent to an activating group) is 1. The number of pyridine rings is 1. The largest absolute Gasteiger partial charge is 0.338 e. The van der Waals surface area contributed by atoms with Gasteiger partial charge < -0.3 is 15.1 Å². The molecule has 2 saturated heterocycles. The molecule has 2 aliphatic rings. The van der Waals surface area contributed by atoms with Crippen LogP contribution in [0.2, 0.25) is 0 Å². The number of hydrogen-bond acceptors (Lipinski definition) is 5. The van der Waals surface area contributed by atoms with Gasteiger partial charge in [-0.1, -0.05) is 13.0 Å². The van der Waals surface area contributed by atoms with Crippen molar-refractivity contribution in [1.29, 1.82) is 0 Å². The summed E-state index contributed by atoms with van der Waals surface area (Å²) in [5.41, 5.74) is 1.02. The van der Waals surface area contributed by atoms with Crippen LogP contribution in [-0.4, -0.2) is 84.5 Å². The van der Waals surface area contributed by atoms with Crippen LogP contribution in [0.25, 0.3) is 0 Å². The molecule has 0 spiro atoms. The number of hydrogen-bond donors (Lipinski definition) is 1. The van der Waals surface area contributed by atoms with E-state index in [0.29, 0.717) is 6.04 Å². The lowest BCUT2D eigenvalue weighted by Gasteiger charge is -2.43. The van der Waals surface area contributed by atoms with Crippen LogP contribution in [0.1, 0.15) is 24.9 Å². The Labute approximate surface area is 144 Å². The zero-order valence-corrected chi connectivity index (χ0v) is 14.8. The molecule has 0 aromatic carbocycles. The van der Waals surface area contributed by atoms with Crippen molar-refractivity contribution in [1.82, 2.24) is 25.0 Å². The Kier molecular flexibility index (Phi) is 5.81. The Morgan fingerprint density at radius 3 is 2.79 bits per heavy atom. The summed E-state index contributed by atoms with van der Waals surface area (Å²) >= 11 is 0. The average Bonchev–Trinajstić information content (AvgIpc) is 2.64. The third-order valence-corrected chi connectivity index (χ3v) is 5.25. The molecule has 0 radical (unpaired) electrons. The smallest absolute Gasteiger partial charge is 0.244 e. The summed E-state index contributed by atoms with van der Waals surface area (Å²) in [7, 11) is 2.11. The zero-order chi connectivity index (χ0) is 16.9. The van der Waals surface area contributed by atoms with Crippen LogP contribution in [0.4, 0.5) is 0 Å². The molecule has 0 saturated carbocycles. The van der Waals surface area contributed by atoms with E-state index in [1.807, 2.05) is 23.2 Å². The lowest BCUT2D eigenvalue weighted by Crippen LogP contribution is -2.57. The highest BCUT2D eigenvalue weighted by atomic mass is 16.2. The zero-order valence-electron chi connectivity index (χ0n) is 14.8. The summed E-state index contributed by atoms with van der Waals surface area (Å²) in [6.07, 6.45) is 4.67. The highest BCUT2D eigenvalue weighted by Gasteiger charge is 2.36. The summed E-state index contributed by atoms with van der Waals surface area (Å²) in [4.78, 5) is 24.4. The third-order valence-electron chi connectivity index (χ3n) is 5.25. The van der Waals surface area contributed by atoms with E-state index in [1.165, 1.54) is 0 Å². The number of aromatic nitrogens is 1. The Morgan fingerprint density at radius 1 is 1.33 bits per heavy atom. The van der Waals surface area contributed by atoms with Crippen molar-refractivity contribution in [3.63, 3.8) is 0 Å². The maximum Gasteiger partial charge on any atom is 0.244 e. The van der Waals surface area contributed by atoms with E-state index >= 15 is 0 Å². The number of carbonyl (C=O) groups is 1. The van der Waals surface area contributed by atoms with Gasteiger partial charge >= 0.3 is 0 Å². The van der Waals surface area contributed by atoms with Crippen LogP contribution >= 0.6 is 0 Å². The number of nitrogens with zero attached hydrogens (tertiary/aromatic N) is 4. The van der Waals surface area contributed by atoms with Gasteiger partial charge in [0.2, 0.25) is 5.91 Å². The molecule has 2 unspecified atom stereocenters. The van der Waals surface area contributed by atoms with Crippen molar-refractivity contribution in [3.8, 4) is 0 Å². The van der Waals surface area contributed by atoms with Gasteiger partial charge in [0.25, 0.3) is 0 Å². The first-order valence-electron chi connectivity index (χ1n) is 9.04. The highest BCUT2D eigenvalue weighted by Crippen LogP contribution is 2.27. The first kappa shape index (κ1) is 17.3. The molecule has 0 bridgehead atoms. The van der Waals surface area contributed by atoms with E-state index in [2.05, 4.69) is 34.1 Å². The fourth-order valence-corrected chi connectivity index (χ4v) is 3.71. The van der Waals surface area contributed by atoms with Gasteiger partial charge in [0, 0.05) is 64.2 Å². The van der Waals surface area contributed by atoms with Crippen LogP contribution in [0, 0.1) is 0 Å². The van der Waals surface area contributed by atoms with Gasteiger partial charge in [-0.3, -0.25) is 14.7 Å². The molecule has 2 fully saturated rings. The second-order valence-corrected chi connectivity index (χ2v) is 6.82. The van der Waals surface area contributed by atoms with Gasteiger partial charge in [0.1, 0.15) is 6.04 Å². The number of amides is 1. The first-order valence-corrected chi connectivity index (χ1v) is 9.04. The minimum Gasteiger partial charge on any atom is -0.338 e. The predicted octanol–water partition coefficient (Wildman–Crippen LogP) is 0.581. The van der Waals surface area contributed by atoms with Crippen molar-refractivity contribution in [2.45, 2.75) is 25.4 Å². The highest BCUT2D eigenvalue weighted by molar-refractivity contribution is 5.83. The normalized spacial score (nSPS) is 24.8. The minimum atomic E-state index is -0.214. The summed E-state index contributed by atoms with van der Waals surface area (Å²) in [5.74, 6) is 0.233. The van der Waals surface area contributed by atoms with Crippen molar-refractivity contribution in [2.75, 3.05) is 52.9 Å². The summed E-state index contributed by atoms with van der Waals surface area (Å²) in [6, 6.07) is 4.15. The van der Waals surface area contributed by atoms with E-state index < -0.39 is 0 Å². The lowest BCUT2D eigenvalue weighted by molar-refractivity contribution is -0.140. The fourth-order valence-electron chi connectivity index (χ4n) is 3.71. The molecule has 0 aliphatic carbocycles. The second kappa shape index (κ2) is 8.05. The standard InChI is InChI=1S/C18H29N5O/c1-3-16-14-20-7-8-23(16)17(15-5-4-6-19-13-15)18(24)22-11-9-21(2)10-12-22/h4-6,13,16-17,20H,3,7-12,14H2,1-2H3. The van der Waals surface area contributed by atoms with Crippen LogP contribution in [0.3, 0.4) is 0 Å². The van der Waals surface area contributed by atoms with Gasteiger partial charge in [-0.25, -0.2) is 0 Å². The molecule has 2 aliphatic heterocycles. The molecular weight excluding hydrogens is 302 g/mol. The van der Waals surface area contributed by atoms with Crippen LogP contribution in [0.15, 0.2) is 24.5 Å². The summed E-state index contributed by atoms with van der Waals surface area (Å²) in [5, 5.41) is 3.46. The average molecular weight is 331 g/mol. The van der Waals surface area contributed by atoms with E-state index in [4.69, 9.17) is 0 Å². The molecule has 2 atom stereocenters. The number of nitrogens with one attached hydrogen (secondary N) is 1. The minimum absolute atomic E-state index is 0.214. The Balaban J connectivity index is 1.86. The van der Waals surface area contributed by atoms with E-state index in [9.17, 15) is 4.79 Å². The molecule has 1 amide bonds. The molecule has 1 N–H and O–H groups in total.